The van der Waals surface area contributed by atoms with E-state index in [-0.39, 0.29) is 5.78 Å². The highest BCUT2D eigenvalue weighted by atomic mass is 16.5. The van der Waals surface area contributed by atoms with Crippen LogP contribution in [0.4, 0.5) is 0 Å². The molecule has 0 aliphatic heterocycles. The maximum Gasteiger partial charge on any atom is 0.163 e. The fraction of sp³-hybridized carbons (Fsp3) is 0.588. The molecule has 0 spiro atoms. The number of hydrogen-bond acceptors (Lipinski definition) is 3. The summed E-state index contributed by atoms with van der Waals surface area (Å²) in [5.74, 6) is 2.11. The average Bonchev–Trinajstić information content (AvgIpc) is 2.42. The molecular weight excluding hydrogens is 250 g/mol. The number of rotatable bonds is 8. The van der Waals surface area contributed by atoms with Gasteiger partial charge in [0.2, 0.25) is 0 Å². The SMILES string of the molecule is COc1ccc(C(=O)CCC(CCN)C(C)C)c(C)c1. The lowest BCUT2D eigenvalue weighted by Crippen LogP contribution is -2.16. The summed E-state index contributed by atoms with van der Waals surface area (Å²) in [4.78, 5) is 12.3. The van der Waals surface area contributed by atoms with Gasteiger partial charge in [0.1, 0.15) is 5.75 Å². The molecule has 0 radical (unpaired) electrons. The molecule has 1 rings (SSSR count). The Labute approximate surface area is 122 Å². The summed E-state index contributed by atoms with van der Waals surface area (Å²) in [6, 6.07) is 5.62. The summed E-state index contributed by atoms with van der Waals surface area (Å²) >= 11 is 0. The van der Waals surface area contributed by atoms with Crippen molar-refractivity contribution in [3.8, 4) is 5.75 Å². The summed E-state index contributed by atoms with van der Waals surface area (Å²) in [5.41, 5.74) is 7.43. The smallest absolute Gasteiger partial charge is 0.163 e. The molecule has 1 aromatic carbocycles. The Balaban J connectivity index is 2.66. The molecule has 0 aliphatic rings. The van der Waals surface area contributed by atoms with Crippen molar-refractivity contribution in [1.29, 1.82) is 0 Å². The van der Waals surface area contributed by atoms with E-state index in [1.165, 1.54) is 0 Å². The number of benzene rings is 1. The molecule has 0 saturated carbocycles. The van der Waals surface area contributed by atoms with E-state index in [0.717, 1.165) is 29.7 Å². The van der Waals surface area contributed by atoms with Crippen LogP contribution >= 0.6 is 0 Å². The molecule has 0 aliphatic carbocycles. The van der Waals surface area contributed by atoms with Crippen LogP contribution in [-0.4, -0.2) is 19.4 Å². The van der Waals surface area contributed by atoms with Gasteiger partial charge in [0.15, 0.2) is 5.78 Å². The van der Waals surface area contributed by atoms with Crippen molar-refractivity contribution < 1.29 is 9.53 Å². The second kappa shape index (κ2) is 8.05. The Morgan fingerprint density at radius 2 is 2.00 bits per heavy atom. The third kappa shape index (κ3) is 4.64. The Morgan fingerprint density at radius 1 is 1.30 bits per heavy atom. The molecule has 1 unspecified atom stereocenters. The third-order valence-corrected chi connectivity index (χ3v) is 3.96. The first kappa shape index (κ1) is 16.7. The van der Waals surface area contributed by atoms with Crippen LogP contribution in [0.2, 0.25) is 0 Å². The molecule has 2 N–H and O–H groups in total. The summed E-state index contributed by atoms with van der Waals surface area (Å²) in [5, 5.41) is 0. The van der Waals surface area contributed by atoms with Crippen molar-refractivity contribution in [2.45, 2.75) is 40.0 Å². The van der Waals surface area contributed by atoms with Crippen molar-refractivity contribution in [3.63, 3.8) is 0 Å². The molecule has 0 amide bonds. The minimum Gasteiger partial charge on any atom is -0.497 e. The zero-order chi connectivity index (χ0) is 15.1. The molecule has 1 atom stereocenters. The van der Waals surface area contributed by atoms with Gasteiger partial charge in [-0.25, -0.2) is 0 Å². The maximum atomic E-state index is 12.3. The molecule has 0 aromatic heterocycles. The molecule has 1 aromatic rings. The van der Waals surface area contributed by atoms with Crippen molar-refractivity contribution in [2.24, 2.45) is 17.6 Å². The van der Waals surface area contributed by atoms with E-state index in [2.05, 4.69) is 13.8 Å². The number of Topliss-reactive ketones (excluding diaryl/α,β-unsaturated/α-hetero) is 1. The van der Waals surface area contributed by atoms with E-state index < -0.39 is 0 Å². The van der Waals surface area contributed by atoms with Crippen molar-refractivity contribution in [2.75, 3.05) is 13.7 Å². The van der Waals surface area contributed by atoms with Gasteiger partial charge in [-0.15, -0.1) is 0 Å². The number of carbonyl (C=O) groups is 1. The number of ketones is 1. The van der Waals surface area contributed by atoms with Gasteiger partial charge in [-0.05, 0) is 61.9 Å². The third-order valence-electron chi connectivity index (χ3n) is 3.96. The Morgan fingerprint density at radius 3 is 2.50 bits per heavy atom. The molecule has 20 heavy (non-hydrogen) atoms. The Hall–Kier alpha value is -1.35. The van der Waals surface area contributed by atoms with Crippen LogP contribution in [0.15, 0.2) is 18.2 Å². The van der Waals surface area contributed by atoms with Crippen molar-refractivity contribution in [3.05, 3.63) is 29.3 Å². The maximum absolute atomic E-state index is 12.3. The average molecular weight is 277 g/mol. The van der Waals surface area contributed by atoms with Crippen LogP contribution in [0.3, 0.4) is 0 Å². The first-order valence-electron chi connectivity index (χ1n) is 7.37. The number of carbonyl (C=O) groups excluding carboxylic acids is 1. The van der Waals surface area contributed by atoms with Gasteiger partial charge >= 0.3 is 0 Å². The highest BCUT2D eigenvalue weighted by molar-refractivity contribution is 5.97. The van der Waals surface area contributed by atoms with E-state index in [1.807, 2.05) is 25.1 Å². The van der Waals surface area contributed by atoms with Crippen LogP contribution in [0, 0.1) is 18.8 Å². The van der Waals surface area contributed by atoms with Crippen LogP contribution < -0.4 is 10.5 Å². The lowest BCUT2D eigenvalue weighted by Gasteiger charge is -2.19. The van der Waals surface area contributed by atoms with Crippen LogP contribution in [0.5, 0.6) is 5.75 Å². The lowest BCUT2D eigenvalue weighted by molar-refractivity contribution is 0.0968. The first-order valence-corrected chi connectivity index (χ1v) is 7.37. The zero-order valence-electron chi connectivity index (χ0n) is 13.1. The standard InChI is InChI=1S/C17H27NO2/c1-12(2)14(9-10-18)5-8-17(19)16-7-6-15(20-4)11-13(16)3/h6-7,11-12,14H,5,8-10,18H2,1-4H3. The van der Waals surface area contributed by atoms with Crippen LogP contribution in [0.25, 0.3) is 0 Å². The molecule has 3 nitrogen and oxygen atoms in total. The van der Waals surface area contributed by atoms with E-state index in [9.17, 15) is 4.79 Å². The highest BCUT2D eigenvalue weighted by Gasteiger charge is 2.16. The van der Waals surface area contributed by atoms with Gasteiger partial charge in [-0.3, -0.25) is 4.79 Å². The van der Waals surface area contributed by atoms with Crippen molar-refractivity contribution in [1.82, 2.24) is 0 Å². The van der Waals surface area contributed by atoms with Crippen molar-refractivity contribution >= 4 is 5.78 Å². The Kier molecular flexibility index (Phi) is 6.73. The molecule has 0 saturated heterocycles. The topological polar surface area (TPSA) is 52.3 Å². The van der Waals surface area contributed by atoms with Gasteiger partial charge in [-0.1, -0.05) is 13.8 Å². The lowest BCUT2D eigenvalue weighted by atomic mass is 9.86. The predicted molar refractivity (Wildman–Crippen MR) is 83.3 cm³/mol. The van der Waals surface area contributed by atoms with E-state index in [1.54, 1.807) is 7.11 Å². The number of ether oxygens (including phenoxy) is 1. The molecule has 112 valence electrons. The van der Waals surface area contributed by atoms with Gasteiger partial charge in [0.05, 0.1) is 7.11 Å². The number of nitrogens with two attached hydrogens (primary N) is 1. The minimum atomic E-state index is 0.216. The van der Waals surface area contributed by atoms with Gasteiger partial charge in [0, 0.05) is 12.0 Å². The number of hydrogen-bond donors (Lipinski definition) is 1. The fourth-order valence-electron chi connectivity index (χ4n) is 2.55. The van der Waals surface area contributed by atoms with Crippen LogP contribution in [0.1, 0.15) is 49.0 Å². The molecule has 0 bridgehead atoms. The summed E-state index contributed by atoms with van der Waals surface area (Å²) < 4.78 is 5.17. The normalized spacial score (nSPS) is 12.5. The first-order chi connectivity index (χ1) is 9.49. The minimum absolute atomic E-state index is 0.216. The second-order valence-corrected chi connectivity index (χ2v) is 5.72. The van der Waals surface area contributed by atoms with E-state index in [4.69, 9.17) is 10.5 Å². The van der Waals surface area contributed by atoms with Gasteiger partial charge < -0.3 is 10.5 Å². The number of methoxy groups -OCH3 is 1. The predicted octanol–water partition coefficient (Wildman–Crippen LogP) is 3.59. The fourth-order valence-corrected chi connectivity index (χ4v) is 2.55. The summed E-state index contributed by atoms with van der Waals surface area (Å²) in [7, 11) is 1.64. The monoisotopic (exact) mass is 277 g/mol. The highest BCUT2D eigenvalue weighted by Crippen LogP contribution is 2.23. The molecule has 3 heteroatoms. The summed E-state index contributed by atoms with van der Waals surface area (Å²) in [6.45, 7) is 7.04. The molecular formula is C17H27NO2. The largest absolute Gasteiger partial charge is 0.497 e. The van der Waals surface area contributed by atoms with Gasteiger partial charge in [0.25, 0.3) is 0 Å². The molecule has 0 heterocycles. The Bertz CT molecular complexity index is 441. The molecule has 0 fully saturated rings. The summed E-state index contributed by atoms with van der Waals surface area (Å²) in [6.07, 6.45) is 2.50. The quantitative estimate of drug-likeness (QED) is 0.739. The van der Waals surface area contributed by atoms with Gasteiger partial charge in [-0.2, -0.15) is 0 Å². The van der Waals surface area contributed by atoms with E-state index >= 15 is 0 Å². The number of aryl methyl sites for hydroxylation is 1. The second-order valence-electron chi connectivity index (χ2n) is 5.72. The van der Waals surface area contributed by atoms with Crippen LogP contribution in [-0.2, 0) is 0 Å². The van der Waals surface area contributed by atoms with E-state index in [0.29, 0.717) is 24.8 Å². The zero-order valence-corrected chi connectivity index (χ0v) is 13.1.